The summed E-state index contributed by atoms with van der Waals surface area (Å²) in [6.07, 6.45) is 0.293. The predicted molar refractivity (Wildman–Crippen MR) is 91.2 cm³/mol. The van der Waals surface area contributed by atoms with E-state index < -0.39 is 6.10 Å². The number of nitrogens with zero attached hydrogens (tertiary/aromatic N) is 4. The first kappa shape index (κ1) is 16.7. The molecule has 8 nitrogen and oxygen atoms in total. The number of para-hydroxylation sites is 2. The molecule has 1 aliphatic heterocycles. The van der Waals surface area contributed by atoms with Gasteiger partial charge in [0.15, 0.2) is 17.6 Å². The minimum atomic E-state index is -0.395. The molecule has 2 atom stereocenters. The fourth-order valence-electron chi connectivity index (χ4n) is 3.13. The van der Waals surface area contributed by atoms with E-state index in [0.29, 0.717) is 43.6 Å². The number of aromatic nitrogens is 3. The van der Waals surface area contributed by atoms with Crippen LogP contribution in [-0.4, -0.2) is 45.2 Å². The molecule has 1 saturated heterocycles. The van der Waals surface area contributed by atoms with Gasteiger partial charge in [-0.05, 0) is 19.1 Å². The van der Waals surface area contributed by atoms with Crippen molar-refractivity contribution in [3.63, 3.8) is 0 Å². The number of ether oxygens (including phenoxy) is 1. The zero-order chi connectivity index (χ0) is 18.1. The Labute approximate surface area is 150 Å². The molecule has 4 rings (SSSR count). The molecule has 0 spiro atoms. The normalized spacial score (nSPS) is 20.6. The van der Waals surface area contributed by atoms with Crippen molar-refractivity contribution in [1.82, 2.24) is 20.1 Å². The van der Waals surface area contributed by atoms with Crippen LogP contribution >= 0.6 is 0 Å². The third-order valence-corrected chi connectivity index (χ3v) is 4.32. The number of carbonyl (C=O) groups is 1. The highest BCUT2D eigenvalue weighted by atomic mass is 16.5. The highest BCUT2D eigenvalue weighted by Gasteiger charge is 2.32. The van der Waals surface area contributed by atoms with Crippen molar-refractivity contribution < 1.29 is 18.4 Å². The average molecular weight is 356 g/mol. The zero-order valence-corrected chi connectivity index (χ0v) is 14.7. The Morgan fingerprint density at radius 1 is 1.23 bits per heavy atom. The standard InChI is InChI=1S/C18H20N4O4/c1-11-9-22(10-15(24-11)18-21-20-12(2)25-18)17(23)8-7-16-19-13-5-3-4-6-14(13)26-16/h3-6,11,15H,7-10H2,1-2H3/t11-,15-/m1/s1. The zero-order valence-electron chi connectivity index (χ0n) is 14.7. The van der Waals surface area contributed by atoms with E-state index in [2.05, 4.69) is 15.2 Å². The lowest BCUT2D eigenvalue weighted by molar-refractivity contribution is -0.146. The van der Waals surface area contributed by atoms with Crippen LogP contribution in [-0.2, 0) is 16.0 Å². The minimum absolute atomic E-state index is 0.0312. The summed E-state index contributed by atoms with van der Waals surface area (Å²) in [4.78, 5) is 18.8. The lowest BCUT2D eigenvalue weighted by Gasteiger charge is -2.35. The number of fused-ring (bicyclic) bond motifs is 1. The van der Waals surface area contributed by atoms with Gasteiger partial charge in [0, 0.05) is 26.3 Å². The number of carbonyl (C=O) groups excluding carboxylic acids is 1. The molecule has 0 N–H and O–H groups in total. The highest BCUT2D eigenvalue weighted by molar-refractivity contribution is 5.77. The van der Waals surface area contributed by atoms with E-state index in [1.54, 1.807) is 11.8 Å². The van der Waals surface area contributed by atoms with Crippen LogP contribution in [0.15, 0.2) is 33.1 Å². The average Bonchev–Trinajstić information content (AvgIpc) is 3.24. The van der Waals surface area contributed by atoms with Crippen LogP contribution in [0.25, 0.3) is 11.1 Å². The first-order valence-electron chi connectivity index (χ1n) is 8.66. The van der Waals surface area contributed by atoms with Gasteiger partial charge >= 0.3 is 0 Å². The number of hydrogen-bond acceptors (Lipinski definition) is 7. The number of benzene rings is 1. The first-order valence-corrected chi connectivity index (χ1v) is 8.66. The van der Waals surface area contributed by atoms with Gasteiger partial charge in [-0.2, -0.15) is 0 Å². The molecule has 136 valence electrons. The summed E-state index contributed by atoms with van der Waals surface area (Å²) in [6, 6.07) is 7.57. The molecule has 26 heavy (non-hydrogen) atoms. The van der Waals surface area contributed by atoms with Crippen LogP contribution in [0.5, 0.6) is 0 Å². The lowest BCUT2D eigenvalue weighted by atomic mass is 10.2. The van der Waals surface area contributed by atoms with E-state index in [1.807, 2.05) is 31.2 Å². The fourth-order valence-corrected chi connectivity index (χ4v) is 3.13. The molecule has 0 bridgehead atoms. The van der Waals surface area contributed by atoms with E-state index in [1.165, 1.54) is 0 Å². The van der Waals surface area contributed by atoms with Gasteiger partial charge in [0.1, 0.15) is 5.52 Å². The third-order valence-electron chi connectivity index (χ3n) is 4.32. The predicted octanol–water partition coefficient (Wildman–Crippen LogP) is 2.44. The number of amides is 1. The van der Waals surface area contributed by atoms with Gasteiger partial charge in [-0.1, -0.05) is 12.1 Å². The lowest BCUT2D eigenvalue weighted by Crippen LogP contribution is -2.46. The Balaban J connectivity index is 1.40. The molecule has 1 aliphatic rings. The Hall–Kier alpha value is -2.74. The van der Waals surface area contributed by atoms with Crippen molar-refractivity contribution >= 4 is 17.0 Å². The minimum Gasteiger partial charge on any atom is -0.441 e. The molecule has 3 aromatic rings. The Morgan fingerprint density at radius 2 is 2.08 bits per heavy atom. The summed E-state index contributed by atoms with van der Waals surface area (Å²) in [5, 5.41) is 7.84. The smallest absolute Gasteiger partial charge is 0.247 e. The van der Waals surface area contributed by atoms with Crippen molar-refractivity contribution in [2.75, 3.05) is 13.1 Å². The monoisotopic (exact) mass is 356 g/mol. The van der Waals surface area contributed by atoms with Gasteiger partial charge in [-0.3, -0.25) is 4.79 Å². The number of hydrogen-bond donors (Lipinski definition) is 0. The van der Waals surface area contributed by atoms with Gasteiger partial charge in [-0.25, -0.2) is 4.98 Å². The van der Waals surface area contributed by atoms with Gasteiger partial charge in [0.25, 0.3) is 0 Å². The molecule has 1 aromatic carbocycles. The van der Waals surface area contributed by atoms with Crippen molar-refractivity contribution in [1.29, 1.82) is 0 Å². The summed E-state index contributed by atoms with van der Waals surface area (Å²) in [5.74, 6) is 1.50. The van der Waals surface area contributed by atoms with Crippen LogP contribution in [0, 0.1) is 6.92 Å². The number of oxazole rings is 1. The molecular weight excluding hydrogens is 336 g/mol. The molecule has 0 unspecified atom stereocenters. The molecule has 8 heteroatoms. The van der Waals surface area contributed by atoms with E-state index >= 15 is 0 Å². The van der Waals surface area contributed by atoms with Gasteiger partial charge < -0.3 is 18.5 Å². The number of morpholine rings is 1. The Kier molecular flexibility index (Phi) is 4.42. The molecule has 3 heterocycles. The first-order chi connectivity index (χ1) is 12.6. The van der Waals surface area contributed by atoms with E-state index in [0.717, 1.165) is 11.1 Å². The van der Waals surface area contributed by atoms with Crippen LogP contribution < -0.4 is 0 Å². The number of aryl methyl sites for hydroxylation is 2. The quantitative estimate of drug-likeness (QED) is 0.708. The molecule has 1 amide bonds. The third kappa shape index (κ3) is 3.45. The Morgan fingerprint density at radius 3 is 2.85 bits per heavy atom. The fraction of sp³-hybridized carbons (Fsp3) is 0.444. The molecule has 2 aromatic heterocycles. The van der Waals surface area contributed by atoms with E-state index in [-0.39, 0.29) is 12.0 Å². The van der Waals surface area contributed by atoms with E-state index in [4.69, 9.17) is 13.6 Å². The second-order valence-corrected chi connectivity index (χ2v) is 6.47. The number of rotatable bonds is 4. The van der Waals surface area contributed by atoms with Crippen molar-refractivity contribution in [3.8, 4) is 0 Å². The summed E-state index contributed by atoms with van der Waals surface area (Å²) in [6.45, 7) is 4.59. The molecule has 0 aliphatic carbocycles. The highest BCUT2D eigenvalue weighted by Crippen LogP contribution is 2.25. The van der Waals surface area contributed by atoms with Crippen LogP contribution in [0.3, 0.4) is 0 Å². The Bertz CT molecular complexity index is 886. The van der Waals surface area contributed by atoms with Crippen LogP contribution in [0.4, 0.5) is 0 Å². The topological polar surface area (TPSA) is 94.5 Å². The summed E-state index contributed by atoms with van der Waals surface area (Å²) in [7, 11) is 0. The van der Waals surface area contributed by atoms with Crippen LogP contribution in [0.2, 0.25) is 0 Å². The summed E-state index contributed by atoms with van der Waals surface area (Å²) >= 11 is 0. The maximum absolute atomic E-state index is 12.6. The summed E-state index contributed by atoms with van der Waals surface area (Å²) in [5.41, 5.74) is 1.54. The van der Waals surface area contributed by atoms with Crippen molar-refractivity contribution in [2.24, 2.45) is 0 Å². The van der Waals surface area contributed by atoms with Gasteiger partial charge in [-0.15, -0.1) is 10.2 Å². The van der Waals surface area contributed by atoms with Crippen molar-refractivity contribution in [3.05, 3.63) is 41.9 Å². The summed E-state index contributed by atoms with van der Waals surface area (Å²) < 4.78 is 17.0. The molecule has 0 saturated carbocycles. The molecular formula is C18H20N4O4. The second-order valence-electron chi connectivity index (χ2n) is 6.47. The largest absolute Gasteiger partial charge is 0.441 e. The SMILES string of the molecule is Cc1nnc([C@H]2CN(C(=O)CCc3nc4ccccc4o3)C[C@@H](C)O2)o1. The second kappa shape index (κ2) is 6.87. The van der Waals surface area contributed by atoms with Gasteiger partial charge in [0.05, 0.1) is 12.6 Å². The van der Waals surface area contributed by atoms with Gasteiger partial charge in [0.2, 0.25) is 17.7 Å². The molecule has 0 radical (unpaired) electrons. The van der Waals surface area contributed by atoms with Crippen LogP contribution in [0.1, 0.15) is 37.1 Å². The maximum atomic E-state index is 12.6. The molecule has 1 fully saturated rings. The van der Waals surface area contributed by atoms with Crippen molar-refractivity contribution in [2.45, 2.75) is 38.9 Å². The van der Waals surface area contributed by atoms with E-state index in [9.17, 15) is 4.79 Å². The maximum Gasteiger partial charge on any atom is 0.247 e.